The van der Waals surface area contributed by atoms with Crippen LogP contribution in [0.5, 0.6) is 0 Å². The number of sulfonamides is 1. The second-order valence-corrected chi connectivity index (χ2v) is 4.60. The Kier molecular flexibility index (Phi) is 2.71. The molecule has 0 aliphatic heterocycles. The van der Waals surface area contributed by atoms with Crippen molar-refractivity contribution in [2.75, 3.05) is 0 Å². The highest BCUT2D eigenvalue weighted by molar-refractivity contribution is 9.10. The van der Waals surface area contributed by atoms with Gasteiger partial charge in [0.2, 0.25) is 10.0 Å². The van der Waals surface area contributed by atoms with Crippen molar-refractivity contribution in [2.24, 2.45) is 5.14 Å². The molecule has 4 nitrogen and oxygen atoms in total. The summed E-state index contributed by atoms with van der Waals surface area (Å²) >= 11 is 3.00. The van der Waals surface area contributed by atoms with E-state index in [4.69, 9.17) is 10.4 Å². The van der Waals surface area contributed by atoms with E-state index < -0.39 is 10.0 Å². The van der Waals surface area contributed by atoms with Gasteiger partial charge in [-0.05, 0) is 28.1 Å². The van der Waals surface area contributed by atoms with Gasteiger partial charge in [-0.3, -0.25) is 0 Å². The Balaban J connectivity index is 3.53. The Morgan fingerprint density at radius 2 is 2.08 bits per heavy atom. The number of rotatable bonds is 1. The SMILES string of the molecule is N#Cc1cccc(S(N)(=O)=O)c1Br. The Morgan fingerprint density at radius 3 is 2.54 bits per heavy atom. The fraction of sp³-hybridized carbons (Fsp3) is 0. The van der Waals surface area contributed by atoms with Crippen LogP contribution in [0.1, 0.15) is 5.56 Å². The molecule has 1 rings (SSSR count). The van der Waals surface area contributed by atoms with Crippen LogP contribution in [0.2, 0.25) is 0 Å². The molecule has 6 heteroatoms. The van der Waals surface area contributed by atoms with Gasteiger partial charge >= 0.3 is 0 Å². The molecule has 0 aliphatic rings. The Bertz CT molecular complexity index is 476. The normalized spacial score (nSPS) is 10.8. The maximum absolute atomic E-state index is 11.0. The number of nitrogens with two attached hydrogens (primary N) is 1. The van der Waals surface area contributed by atoms with Crippen molar-refractivity contribution in [3.63, 3.8) is 0 Å². The molecule has 1 aromatic carbocycles. The largest absolute Gasteiger partial charge is 0.239 e. The van der Waals surface area contributed by atoms with Gasteiger partial charge < -0.3 is 0 Å². The highest BCUT2D eigenvalue weighted by Gasteiger charge is 2.14. The molecule has 0 heterocycles. The summed E-state index contributed by atoms with van der Waals surface area (Å²) in [6.45, 7) is 0. The van der Waals surface area contributed by atoms with Crippen molar-refractivity contribution < 1.29 is 8.42 Å². The lowest BCUT2D eigenvalue weighted by Gasteiger charge is -2.01. The molecule has 0 unspecified atom stereocenters. The van der Waals surface area contributed by atoms with E-state index in [0.29, 0.717) is 0 Å². The van der Waals surface area contributed by atoms with Crippen LogP contribution in [0, 0.1) is 11.3 Å². The molecule has 0 fully saturated rings. The summed E-state index contributed by atoms with van der Waals surface area (Å²) in [7, 11) is -3.76. The molecule has 0 amide bonds. The Morgan fingerprint density at radius 1 is 1.46 bits per heavy atom. The third-order valence-corrected chi connectivity index (χ3v) is 3.46. The average Bonchev–Trinajstić information content (AvgIpc) is 2.02. The van der Waals surface area contributed by atoms with E-state index in [1.807, 2.05) is 6.07 Å². The second kappa shape index (κ2) is 3.46. The van der Waals surface area contributed by atoms with Crippen molar-refractivity contribution in [3.05, 3.63) is 28.2 Å². The summed E-state index contributed by atoms with van der Waals surface area (Å²) in [6.07, 6.45) is 0. The zero-order chi connectivity index (χ0) is 10.1. The number of nitrogens with zero attached hydrogens (tertiary/aromatic N) is 1. The van der Waals surface area contributed by atoms with Crippen LogP contribution >= 0.6 is 15.9 Å². The lowest BCUT2D eigenvalue weighted by atomic mass is 10.2. The van der Waals surface area contributed by atoms with E-state index in [1.54, 1.807) is 0 Å². The van der Waals surface area contributed by atoms with Gasteiger partial charge in [-0.1, -0.05) is 6.07 Å². The lowest BCUT2D eigenvalue weighted by Crippen LogP contribution is -2.13. The number of hydrogen-bond donors (Lipinski definition) is 1. The van der Waals surface area contributed by atoms with Crippen LogP contribution in [-0.4, -0.2) is 8.42 Å². The smallest absolute Gasteiger partial charge is 0.225 e. The molecule has 13 heavy (non-hydrogen) atoms. The van der Waals surface area contributed by atoms with Crippen LogP contribution in [0.25, 0.3) is 0 Å². The summed E-state index contributed by atoms with van der Waals surface area (Å²) in [5.41, 5.74) is 0.242. The highest BCUT2D eigenvalue weighted by atomic mass is 79.9. The molecule has 0 saturated carbocycles. The average molecular weight is 261 g/mol. The van der Waals surface area contributed by atoms with Crippen LogP contribution in [0.15, 0.2) is 27.6 Å². The maximum Gasteiger partial charge on any atom is 0.239 e. The fourth-order valence-corrected chi connectivity index (χ4v) is 2.47. The first-order chi connectivity index (χ1) is 5.96. The predicted molar refractivity (Wildman–Crippen MR) is 50.2 cm³/mol. The predicted octanol–water partition coefficient (Wildman–Crippen LogP) is 0.968. The van der Waals surface area contributed by atoms with Crippen molar-refractivity contribution in [3.8, 4) is 6.07 Å². The zero-order valence-electron chi connectivity index (χ0n) is 6.36. The number of primary sulfonamides is 1. The third-order valence-electron chi connectivity index (χ3n) is 1.39. The topological polar surface area (TPSA) is 83.9 Å². The first-order valence-electron chi connectivity index (χ1n) is 3.18. The monoisotopic (exact) mass is 260 g/mol. The van der Waals surface area contributed by atoms with Gasteiger partial charge in [0.1, 0.15) is 6.07 Å². The van der Waals surface area contributed by atoms with Crippen molar-refractivity contribution in [1.29, 1.82) is 5.26 Å². The molecular formula is C7H5BrN2O2S. The zero-order valence-corrected chi connectivity index (χ0v) is 8.76. The number of halogens is 1. The van der Waals surface area contributed by atoms with Crippen LogP contribution in [-0.2, 0) is 10.0 Å². The fourth-order valence-electron chi connectivity index (χ4n) is 0.817. The van der Waals surface area contributed by atoms with Crippen molar-refractivity contribution in [1.82, 2.24) is 0 Å². The van der Waals surface area contributed by atoms with E-state index in [1.165, 1.54) is 18.2 Å². The maximum atomic E-state index is 11.0. The molecular weight excluding hydrogens is 256 g/mol. The molecule has 1 aromatic rings. The van der Waals surface area contributed by atoms with Crippen LogP contribution in [0.4, 0.5) is 0 Å². The minimum absolute atomic E-state index is 0.0773. The van der Waals surface area contributed by atoms with Gasteiger partial charge in [-0.15, -0.1) is 0 Å². The van der Waals surface area contributed by atoms with Gasteiger partial charge in [0.25, 0.3) is 0 Å². The van der Waals surface area contributed by atoms with E-state index in [-0.39, 0.29) is 14.9 Å². The minimum atomic E-state index is -3.76. The number of nitriles is 1. The van der Waals surface area contributed by atoms with Crippen molar-refractivity contribution in [2.45, 2.75) is 4.90 Å². The summed E-state index contributed by atoms with van der Waals surface area (Å²) in [4.78, 5) is -0.0773. The summed E-state index contributed by atoms with van der Waals surface area (Å²) < 4.78 is 22.1. The standard InChI is InChI=1S/C7H5BrN2O2S/c8-7-5(4-9)2-1-3-6(7)13(10,11)12/h1-3H,(H2,10,11,12). The Labute approximate surface area is 84.2 Å². The van der Waals surface area contributed by atoms with E-state index in [9.17, 15) is 8.42 Å². The molecule has 0 saturated heterocycles. The van der Waals surface area contributed by atoms with E-state index in [2.05, 4.69) is 15.9 Å². The molecule has 0 radical (unpaired) electrons. The first kappa shape index (κ1) is 10.2. The summed E-state index contributed by atoms with van der Waals surface area (Å²) in [5, 5.41) is 13.5. The molecule has 68 valence electrons. The number of benzene rings is 1. The Hall–Kier alpha value is -0.900. The lowest BCUT2D eigenvalue weighted by molar-refractivity contribution is 0.597. The summed E-state index contributed by atoms with van der Waals surface area (Å²) in [5.74, 6) is 0. The van der Waals surface area contributed by atoms with Gasteiger partial charge in [-0.2, -0.15) is 5.26 Å². The molecule has 0 spiro atoms. The van der Waals surface area contributed by atoms with E-state index in [0.717, 1.165) is 0 Å². The number of hydrogen-bond acceptors (Lipinski definition) is 3. The minimum Gasteiger partial charge on any atom is -0.225 e. The second-order valence-electron chi connectivity index (χ2n) is 2.27. The van der Waals surface area contributed by atoms with Gasteiger partial charge in [0.05, 0.1) is 14.9 Å². The quantitative estimate of drug-likeness (QED) is 0.817. The van der Waals surface area contributed by atoms with Gasteiger partial charge in [0, 0.05) is 0 Å². The summed E-state index contributed by atoms with van der Waals surface area (Å²) in [6, 6.07) is 6.13. The van der Waals surface area contributed by atoms with Gasteiger partial charge in [0.15, 0.2) is 0 Å². The molecule has 2 N–H and O–H groups in total. The molecule has 0 atom stereocenters. The van der Waals surface area contributed by atoms with Crippen molar-refractivity contribution >= 4 is 26.0 Å². The molecule has 0 aromatic heterocycles. The van der Waals surface area contributed by atoms with E-state index >= 15 is 0 Å². The van der Waals surface area contributed by atoms with Crippen LogP contribution in [0.3, 0.4) is 0 Å². The molecule has 0 aliphatic carbocycles. The highest BCUT2D eigenvalue weighted by Crippen LogP contribution is 2.23. The molecule has 0 bridgehead atoms. The third kappa shape index (κ3) is 2.06. The van der Waals surface area contributed by atoms with Gasteiger partial charge in [-0.25, -0.2) is 13.6 Å². The van der Waals surface area contributed by atoms with Crippen LogP contribution < -0.4 is 5.14 Å². The first-order valence-corrected chi connectivity index (χ1v) is 5.52.